The molecule has 1 aromatic heterocycles. The van der Waals surface area contributed by atoms with Crippen LogP contribution in [0.15, 0.2) is 0 Å². The fourth-order valence-electron chi connectivity index (χ4n) is 2.09. The van der Waals surface area contributed by atoms with Gasteiger partial charge in [-0.15, -0.1) is 4.37 Å². The molecule has 1 radical (unpaired) electrons. The summed E-state index contributed by atoms with van der Waals surface area (Å²) >= 11 is 1.20. The average molecular weight is 506 g/mol. The van der Waals surface area contributed by atoms with Crippen LogP contribution in [0, 0.1) is 5.92 Å². The Kier molecular flexibility index (Phi) is 16.9. The molecule has 0 atom stereocenters. The van der Waals surface area contributed by atoms with Gasteiger partial charge in [-0.3, -0.25) is 10.7 Å². The van der Waals surface area contributed by atoms with Crippen LogP contribution in [-0.2, 0) is 47.0 Å². The minimum Gasteiger partial charge on any atom is -0.503 e. The van der Waals surface area contributed by atoms with Crippen molar-refractivity contribution in [1.82, 2.24) is 14.1 Å². The third kappa shape index (κ3) is 13.4. The first kappa shape index (κ1) is 28.5. The zero-order valence-electron chi connectivity index (χ0n) is 17.8. The van der Waals surface area contributed by atoms with E-state index in [-0.39, 0.29) is 32.7 Å². The molecule has 0 bridgehead atoms. The summed E-state index contributed by atoms with van der Waals surface area (Å²) in [4.78, 5) is 11.8. The van der Waals surface area contributed by atoms with Gasteiger partial charge in [0.2, 0.25) is 5.82 Å². The number of aliphatic carboxylic acids is 1. The van der Waals surface area contributed by atoms with Crippen molar-refractivity contribution >= 4 is 23.5 Å². The van der Waals surface area contributed by atoms with Crippen LogP contribution in [0.4, 0.5) is 5.82 Å². The maximum Gasteiger partial charge on any atom is 0.270 e. The minimum atomic E-state index is -0.824. The van der Waals surface area contributed by atoms with Crippen LogP contribution in [0.25, 0.3) is 0 Å². The Labute approximate surface area is 203 Å². The van der Waals surface area contributed by atoms with E-state index in [0.717, 1.165) is 58.2 Å². The maximum absolute atomic E-state index is 9.66. The van der Waals surface area contributed by atoms with Gasteiger partial charge in [-0.1, -0.05) is 0 Å². The molecule has 0 saturated carbocycles. The summed E-state index contributed by atoms with van der Waals surface area (Å²) in [5.74, 6) is 1.10. The summed E-state index contributed by atoms with van der Waals surface area (Å²) in [5, 5.41) is 11.3. The van der Waals surface area contributed by atoms with Gasteiger partial charge in [-0.25, -0.2) is 0 Å². The van der Waals surface area contributed by atoms with Gasteiger partial charge in [0.25, 0.3) is 5.88 Å². The van der Waals surface area contributed by atoms with E-state index in [1.54, 1.807) is 13.8 Å². The van der Waals surface area contributed by atoms with Crippen LogP contribution in [0.5, 0.6) is 5.88 Å². The fraction of sp³-hybridized carbons (Fsp3) is 0.778. The normalized spacial score (nSPS) is 13.3. The Balaban J connectivity index is 0.000000981. The molecule has 9 nitrogen and oxygen atoms in total. The molecule has 29 heavy (non-hydrogen) atoms. The van der Waals surface area contributed by atoms with Crippen molar-refractivity contribution in [1.29, 1.82) is 0 Å². The first-order valence-electron chi connectivity index (χ1n) is 9.55. The molecule has 1 aliphatic heterocycles. The first-order chi connectivity index (χ1) is 13.4. The van der Waals surface area contributed by atoms with Crippen molar-refractivity contribution in [3.63, 3.8) is 0 Å². The van der Waals surface area contributed by atoms with Gasteiger partial charge in [0.1, 0.15) is 0 Å². The number of carboxylic acid groups (broad SMARTS) is 1. The largest absolute Gasteiger partial charge is 0.503 e. The van der Waals surface area contributed by atoms with Crippen molar-refractivity contribution in [3.8, 4) is 5.88 Å². The van der Waals surface area contributed by atoms with Gasteiger partial charge in [-0.2, -0.15) is 18.2 Å². The van der Waals surface area contributed by atoms with Crippen LogP contribution in [-0.4, -0.2) is 78.5 Å². The Morgan fingerprint density at radius 3 is 2.52 bits per heavy atom. The molecule has 2 rings (SSSR count). The molecule has 0 aromatic carbocycles. The van der Waals surface area contributed by atoms with Crippen molar-refractivity contribution in [3.05, 3.63) is 5.92 Å². The summed E-state index contributed by atoms with van der Waals surface area (Å²) in [5.41, 5.74) is 0. The molecule has 1 saturated heterocycles. The minimum absolute atomic E-state index is 0. The second kappa shape index (κ2) is 17.2. The SMILES string of the molecule is CC(C)OCCNCCCOc1nsnc1N1CCOCC1.C[C-](C)C(=O)O.[Y]. The zero-order valence-corrected chi connectivity index (χ0v) is 21.5. The molecule has 2 N–H and O–H groups in total. The van der Waals surface area contributed by atoms with Gasteiger partial charge >= 0.3 is 0 Å². The second-order valence-electron chi connectivity index (χ2n) is 6.67. The van der Waals surface area contributed by atoms with Gasteiger partial charge in [0, 0.05) is 52.3 Å². The number of nitrogens with zero attached hydrogens (tertiary/aromatic N) is 3. The Hall–Kier alpha value is -0.516. The summed E-state index contributed by atoms with van der Waals surface area (Å²) in [6, 6.07) is 0. The van der Waals surface area contributed by atoms with Crippen molar-refractivity contribution in [2.45, 2.75) is 40.2 Å². The Bertz CT molecular complexity index is 542. The van der Waals surface area contributed by atoms with E-state index in [4.69, 9.17) is 19.3 Å². The number of nitrogens with one attached hydrogen (secondary N) is 1. The van der Waals surface area contributed by atoms with Crippen molar-refractivity contribution in [2.24, 2.45) is 0 Å². The van der Waals surface area contributed by atoms with Crippen LogP contribution in [0.1, 0.15) is 34.1 Å². The van der Waals surface area contributed by atoms with E-state index < -0.39 is 5.97 Å². The van der Waals surface area contributed by atoms with Crippen molar-refractivity contribution in [2.75, 3.05) is 57.5 Å². The Morgan fingerprint density at radius 1 is 1.28 bits per heavy atom. The quantitative estimate of drug-likeness (QED) is 0.344. The number of hydrogen-bond acceptors (Lipinski definition) is 9. The molecule has 1 fully saturated rings. The summed E-state index contributed by atoms with van der Waals surface area (Å²) in [7, 11) is 0. The number of carbonyl (C=O) groups is 1. The average Bonchev–Trinajstić information content (AvgIpc) is 3.13. The number of aromatic nitrogens is 2. The molecular formula is C18H33N4O5SY-. The van der Waals surface area contributed by atoms with E-state index >= 15 is 0 Å². The summed E-state index contributed by atoms with van der Waals surface area (Å²) in [6.07, 6.45) is 1.22. The summed E-state index contributed by atoms with van der Waals surface area (Å²) < 4.78 is 25.2. The number of ether oxygens (including phenoxy) is 3. The number of carboxylic acids is 1. The zero-order chi connectivity index (χ0) is 20.8. The van der Waals surface area contributed by atoms with Crippen LogP contribution in [0.3, 0.4) is 0 Å². The topological polar surface area (TPSA) is 106 Å². The molecular weight excluding hydrogens is 473 g/mol. The standard InChI is InChI=1S/C14H26N4O3S.C4H7O2.Y/c1-12(2)20-9-5-15-4-3-8-21-14-13(16-22-17-14)18-6-10-19-11-7-18;1-3(2)4(5)6;/h12,15H,3-11H2,1-2H3;1-2H3,(H,5,6);/q;-1;. The molecule has 0 amide bonds. The molecule has 0 spiro atoms. The number of anilines is 1. The third-order valence-electron chi connectivity index (χ3n) is 3.65. The third-order valence-corrected chi connectivity index (χ3v) is 4.15. The molecule has 1 aromatic rings. The number of rotatable bonds is 11. The predicted octanol–water partition coefficient (Wildman–Crippen LogP) is 1.84. The molecule has 2 heterocycles. The molecule has 0 unspecified atom stereocenters. The van der Waals surface area contributed by atoms with Gasteiger partial charge in [-0.05, 0) is 26.8 Å². The monoisotopic (exact) mass is 506 g/mol. The van der Waals surface area contributed by atoms with Crippen LogP contribution in [0.2, 0.25) is 0 Å². The molecule has 1 aliphatic rings. The predicted molar refractivity (Wildman–Crippen MR) is 109 cm³/mol. The van der Waals surface area contributed by atoms with Crippen LogP contribution >= 0.6 is 11.7 Å². The smallest absolute Gasteiger partial charge is 0.270 e. The van der Waals surface area contributed by atoms with E-state index in [1.807, 2.05) is 13.8 Å². The molecule has 11 heteroatoms. The summed E-state index contributed by atoms with van der Waals surface area (Å²) in [6.45, 7) is 13.5. The van der Waals surface area contributed by atoms with E-state index in [0.29, 0.717) is 24.5 Å². The van der Waals surface area contributed by atoms with Gasteiger partial charge in [0.15, 0.2) is 5.97 Å². The second-order valence-corrected chi connectivity index (χ2v) is 7.20. The van der Waals surface area contributed by atoms with E-state index in [1.165, 1.54) is 11.7 Å². The van der Waals surface area contributed by atoms with Crippen LogP contribution < -0.4 is 15.0 Å². The molecule has 0 aliphatic carbocycles. The number of hydrogen-bond donors (Lipinski definition) is 2. The molecule has 165 valence electrons. The van der Waals surface area contributed by atoms with Crippen molar-refractivity contribution < 1.29 is 56.8 Å². The van der Waals surface area contributed by atoms with Gasteiger partial charge in [0.05, 0.1) is 44.3 Å². The maximum atomic E-state index is 9.66. The Morgan fingerprint density at radius 2 is 1.93 bits per heavy atom. The fourth-order valence-corrected chi connectivity index (χ4v) is 2.61. The van der Waals surface area contributed by atoms with E-state index in [2.05, 4.69) is 19.0 Å². The first-order valence-corrected chi connectivity index (χ1v) is 10.3. The van der Waals surface area contributed by atoms with Gasteiger partial charge < -0.3 is 29.5 Å². The number of morpholine rings is 1. The van der Waals surface area contributed by atoms with E-state index in [9.17, 15) is 4.79 Å².